The zero-order valence-electron chi connectivity index (χ0n) is 14.9. The maximum absolute atomic E-state index is 12.3. The Labute approximate surface area is 158 Å². The molecule has 0 aliphatic rings. The molecule has 6 nitrogen and oxygen atoms in total. The van der Waals surface area contributed by atoms with Crippen LogP contribution in [0, 0.1) is 0 Å². The highest BCUT2D eigenvalue weighted by molar-refractivity contribution is 6.08. The van der Waals surface area contributed by atoms with E-state index in [1.165, 1.54) is 0 Å². The maximum Gasteiger partial charge on any atom is 0.340 e. The number of pyridine rings is 1. The van der Waals surface area contributed by atoms with Crippen molar-refractivity contribution in [3.63, 3.8) is 0 Å². The van der Waals surface area contributed by atoms with E-state index in [4.69, 9.17) is 4.74 Å². The van der Waals surface area contributed by atoms with Crippen molar-refractivity contribution in [2.45, 2.75) is 13.5 Å². The molecule has 1 aromatic carbocycles. The van der Waals surface area contributed by atoms with Crippen LogP contribution in [0.4, 0.5) is 0 Å². The first-order chi connectivity index (χ1) is 12.1. The molecule has 0 atom stereocenters. The zero-order chi connectivity index (χ0) is 18.0. The number of esters is 1. The number of aromatic nitrogens is 2. The second-order valence-corrected chi connectivity index (χ2v) is 5.79. The van der Waals surface area contributed by atoms with Gasteiger partial charge in [-0.1, -0.05) is 6.07 Å². The number of phenolic OH excluding ortho intramolecular Hbond substituents is 1. The minimum atomic E-state index is -0.390. The van der Waals surface area contributed by atoms with Crippen LogP contribution < -0.4 is 5.32 Å². The summed E-state index contributed by atoms with van der Waals surface area (Å²) in [5.41, 5.74) is 3.48. The largest absolute Gasteiger partial charge is 0.507 e. The fraction of sp³-hybridized carbons (Fsp3) is 0.263. The van der Waals surface area contributed by atoms with Gasteiger partial charge >= 0.3 is 5.97 Å². The SMILES string of the molecule is CCOC(=O)c1cn(C)c2cc(-c3cccnc3)c(O)c(CNC)c12.Cl. The van der Waals surface area contributed by atoms with Crippen molar-refractivity contribution in [1.29, 1.82) is 0 Å². The van der Waals surface area contributed by atoms with Gasteiger partial charge in [-0.15, -0.1) is 12.4 Å². The minimum absolute atomic E-state index is 0. The van der Waals surface area contributed by atoms with Crippen LogP contribution in [-0.4, -0.2) is 34.3 Å². The highest BCUT2D eigenvalue weighted by atomic mass is 35.5. The number of phenols is 1. The smallest absolute Gasteiger partial charge is 0.340 e. The number of nitrogens with zero attached hydrogens (tertiary/aromatic N) is 2. The molecule has 2 aromatic heterocycles. The molecule has 0 aliphatic carbocycles. The first-order valence-electron chi connectivity index (χ1n) is 8.14. The number of fused-ring (bicyclic) bond motifs is 1. The average Bonchev–Trinajstić information content (AvgIpc) is 2.95. The van der Waals surface area contributed by atoms with Crippen molar-refractivity contribution in [2.24, 2.45) is 7.05 Å². The number of hydrogen-bond donors (Lipinski definition) is 2. The number of aryl methyl sites for hydroxylation is 1. The van der Waals surface area contributed by atoms with Gasteiger partial charge in [0, 0.05) is 59.8 Å². The van der Waals surface area contributed by atoms with E-state index >= 15 is 0 Å². The summed E-state index contributed by atoms with van der Waals surface area (Å²) in [6.07, 6.45) is 5.14. The summed E-state index contributed by atoms with van der Waals surface area (Å²) in [6, 6.07) is 5.60. The molecular formula is C19H22ClN3O3. The number of ether oxygens (including phenoxy) is 1. The van der Waals surface area contributed by atoms with E-state index in [1.54, 1.807) is 32.6 Å². The molecule has 0 unspecified atom stereocenters. The van der Waals surface area contributed by atoms with Gasteiger partial charge in [-0.05, 0) is 26.1 Å². The predicted octanol–water partition coefficient (Wildman–Crippen LogP) is 3.26. The van der Waals surface area contributed by atoms with Gasteiger partial charge in [-0.25, -0.2) is 4.79 Å². The fourth-order valence-corrected chi connectivity index (χ4v) is 3.07. The van der Waals surface area contributed by atoms with E-state index in [0.717, 1.165) is 11.1 Å². The Bertz CT molecular complexity index is 923. The molecule has 0 spiro atoms. The van der Waals surface area contributed by atoms with Crippen molar-refractivity contribution in [1.82, 2.24) is 14.9 Å². The first kappa shape index (κ1) is 19.8. The van der Waals surface area contributed by atoms with Gasteiger partial charge in [0.15, 0.2) is 0 Å². The van der Waals surface area contributed by atoms with Crippen molar-refractivity contribution in [3.05, 3.63) is 47.9 Å². The summed E-state index contributed by atoms with van der Waals surface area (Å²) < 4.78 is 7.05. The Morgan fingerprint density at radius 3 is 2.81 bits per heavy atom. The van der Waals surface area contributed by atoms with Crippen LogP contribution >= 0.6 is 12.4 Å². The van der Waals surface area contributed by atoms with Crippen LogP contribution in [0.3, 0.4) is 0 Å². The highest BCUT2D eigenvalue weighted by Gasteiger charge is 2.22. The molecule has 3 rings (SSSR count). The molecule has 0 saturated heterocycles. The second-order valence-electron chi connectivity index (χ2n) is 5.79. The number of benzene rings is 1. The lowest BCUT2D eigenvalue weighted by molar-refractivity contribution is 0.0528. The third-order valence-corrected chi connectivity index (χ3v) is 4.17. The normalized spacial score (nSPS) is 10.6. The Kier molecular flexibility index (Phi) is 6.23. The van der Waals surface area contributed by atoms with Crippen molar-refractivity contribution < 1.29 is 14.6 Å². The molecule has 0 amide bonds. The van der Waals surface area contributed by atoms with Crippen LogP contribution in [0.2, 0.25) is 0 Å². The van der Waals surface area contributed by atoms with Crippen LogP contribution in [0.5, 0.6) is 5.75 Å². The van der Waals surface area contributed by atoms with Gasteiger partial charge in [0.25, 0.3) is 0 Å². The van der Waals surface area contributed by atoms with E-state index in [1.807, 2.05) is 29.8 Å². The minimum Gasteiger partial charge on any atom is -0.507 e. The predicted molar refractivity (Wildman–Crippen MR) is 104 cm³/mol. The Morgan fingerprint density at radius 2 is 2.19 bits per heavy atom. The first-order valence-corrected chi connectivity index (χ1v) is 8.14. The Balaban J connectivity index is 0.00000243. The summed E-state index contributed by atoms with van der Waals surface area (Å²) in [7, 11) is 3.67. The number of carbonyl (C=O) groups is 1. The van der Waals surface area contributed by atoms with Crippen LogP contribution in [0.15, 0.2) is 36.8 Å². The van der Waals surface area contributed by atoms with Gasteiger partial charge < -0.3 is 19.7 Å². The second kappa shape index (κ2) is 8.21. The molecule has 7 heteroatoms. The molecule has 26 heavy (non-hydrogen) atoms. The van der Waals surface area contributed by atoms with Crippen molar-refractivity contribution in [3.8, 4) is 16.9 Å². The quantitative estimate of drug-likeness (QED) is 0.669. The number of rotatable bonds is 5. The lowest BCUT2D eigenvalue weighted by Crippen LogP contribution is -2.09. The monoisotopic (exact) mass is 375 g/mol. The average molecular weight is 376 g/mol. The third-order valence-electron chi connectivity index (χ3n) is 4.17. The Morgan fingerprint density at radius 1 is 1.42 bits per heavy atom. The lowest BCUT2D eigenvalue weighted by Gasteiger charge is -2.13. The molecule has 2 N–H and O–H groups in total. The number of aromatic hydroxyl groups is 1. The summed E-state index contributed by atoms with van der Waals surface area (Å²) in [5, 5.41) is 14.7. The van der Waals surface area contributed by atoms with Crippen molar-refractivity contribution in [2.75, 3.05) is 13.7 Å². The van der Waals surface area contributed by atoms with Gasteiger partial charge in [0.2, 0.25) is 0 Å². The Hall–Kier alpha value is -2.57. The fourth-order valence-electron chi connectivity index (χ4n) is 3.07. The zero-order valence-corrected chi connectivity index (χ0v) is 15.8. The molecule has 0 aliphatic heterocycles. The molecule has 0 fully saturated rings. The molecular weight excluding hydrogens is 354 g/mol. The van der Waals surface area contributed by atoms with E-state index in [9.17, 15) is 9.90 Å². The number of halogens is 1. The molecule has 3 aromatic rings. The third kappa shape index (κ3) is 3.38. The highest BCUT2D eigenvalue weighted by Crippen LogP contribution is 2.39. The molecule has 2 heterocycles. The van der Waals surface area contributed by atoms with Gasteiger partial charge in [0.05, 0.1) is 12.2 Å². The van der Waals surface area contributed by atoms with E-state index in [-0.39, 0.29) is 24.1 Å². The standard InChI is InChI=1S/C19H21N3O3.ClH/c1-4-25-19(24)15-11-22(3)16-8-13(12-6-5-7-21-9-12)18(23)14(10-20-2)17(15)16;/h5-9,11,20,23H,4,10H2,1-3H3;1H. The topological polar surface area (TPSA) is 76.4 Å². The van der Waals surface area contributed by atoms with Crippen LogP contribution in [0.25, 0.3) is 22.0 Å². The van der Waals surface area contributed by atoms with E-state index < -0.39 is 0 Å². The van der Waals surface area contributed by atoms with Crippen molar-refractivity contribution >= 4 is 29.3 Å². The van der Waals surface area contributed by atoms with Gasteiger partial charge in [0.1, 0.15) is 5.75 Å². The number of hydrogen-bond acceptors (Lipinski definition) is 5. The summed E-state index contributed by atoms with van der Waals surface area (Å²) in [4.78, 5) is 16.5. The number of carbonyl (C=O) groups excluding carboxylic acids is 1. The summed E-state index contributed by atoms with van der Waals surface area (Å²) >= 11 is 0. The van der Waals surface area contributed by atoms with Gasteiger partial charge in [-0.2, -0.15) is 0 Å². The van der Waals surface area contributed by atoms with Crippen LogP contribution in [0.1, 0.15) is 22.8 Å². The number of nitrogens with one attached hydrogen (secondary N) is 1. The molecule has 0 saturated carbocycles. The molecule has 0 radical (unpaired) electrons. The van der Waals surface area contributed by atoms with Crippen LogP contribution in [-0.2, 0) is 18.3 Å². The van der Waals surface area contributed by atoms with Gasteiger partial charge in [-0.3, -0.25) is 4.98 Å². The summed E-state index contributed by atoms with van der Waals surface area (Å²) in [5.74, 6) is -0.245. The van der Waals surface area contributed by atoms with E-state index in [0.29, 0.717) is 35.2 Å². The molecule has 0 bridgehead atoms. The maximum atomic E-state index is 12.3. The van der Waals surface area contributed by atoms with E-state index in [2.05, 4.69) is 10.3 Å². The lowest BCUT2D eigenvalue weighted by atomic mass is 9.97. The molecule has 138 valence electrons. The summed E-state index contributed by atoms with van der Waals surface area (Å²) in [6.45, 7) is 2.50.